The summed E-state index contributed by atoms with van der Waals surface area (Å²) in [4.78, 5) is 25.3. The Labute approximate surface area is 136 Å². The fraction of sp³-hybridized carbons (Fsp3) is 0.529. The van der Waals surface area contributed by atoms with Gasteiger partial charge in [-0.3, -0.25) is 9.59 Å². The van der Waals surface area contributed by atoms with Gasteiger partial charge < -0.3 is 10.2 Å². The Hall–Kier alpha value is -1.49. The van der Waals surface area contributed by atoms with E-state index in [9.17, 15) is 9.59 Å². The highest BCUT2D eigenvalue weighted by molar-refractivity contribution is 8.01. The number of hydrogen-bond donors (Lipinski definition) is 1. The Bertz CT molecular complexity index is 535. The molecule has 120 valence electrons. The maximum Gasteiger partial charge on any atom is 0.230 e. The van der Waals surface area contributed by atoms with Gasteiger partial charge in [-0.2, -0.15) is 0 Å². The molecule has 0 aromatic heterocycles. The molecule has 4 nitrogen and oxygen atoms in total. The summed E-state index contributed by atoms with van der Waals surface area (Å²) in [6.07, 6.45) is 1.57. The van der Waals surface area contributed by atoms with E-state index in [1.165, 1.54) is 0 Å². The third-order valence-corrected chi connectivity index (χ3v) is 4.72. The Kier molecular flexibility index (Phi) is 5.51. The quantitative estimate of drug-likeness (QED) is 0.907. The molecule has 2 amide bonds. The molecule has 22 heavy (non-hydrogen) atoms. The molecule has 5 heteroatoms. The summed E-state index contributed by atoms with van der Waals surface area (Å²) >= 11 is 1.64. The van der Waals surface area contributed by atoms with Crippen LogP contribution in [-0.4, -0.2) is 28.9 Å². The molecule has 0 saturated carbocycles. The number of nitrogens with zero attached hydrogens (tertiary/aromatic N) is 1. The number of hydrogen-bond acceptors (Lipinski definition) is 3. The Morgan fingerprint density at radius 1 is 1.27 bits per heavy atom. The lowest BCUT2D eigenvalue weighted by molar-refractivity contribution is -0.119. The molecule has 1 aliphatic heterocycles. The van der Waals surface area contributed by atoms with Crippen LogP contribution in [0.3, 0.4) is 0 Å². The zero-order chi connectivity index (χ0) is 16.2. The number of carbonyl (C=O) groups excluding carboxylic acids is 2. The molecule has 0 spiro atoms. The van der Waals surface area contributed by atoms with Crippen molar-refractivity contribution < 1.29 is 9.59 Å². The average Bonchev–Trinajstić information content (AvgIpc) is 2.89. The van der Waals surface area contributed by atoms with E-state index < -0.39 is 0 Å². The maximum absolute atomic E-state index is 11.8. The second-order valence-corrected chi connectivity index (χ2v) is 8.30. The summed E-state index contributed by atoms with van der Waals surface area (Å²) in [6.45, 7) is 7.63. The number of nitrogens with one attached hydrogen (secondary N) is 1. The normalized spacial score (nSPS) is 15.2. The van der Waals surface area contributed by atoms with Crippen LogP contribution in [0.15, 0.2) is 24.3 Å². The van der Waals surface area contributed by atoms with Crippen molar-refractivity contribution in [3.05, 3.63) is 29.8 Å². The van der Waals surface area contributed by atoms with Gasteiger partial charge in [0, 0.05) is 29.9 Å². The lowest BCUT2D eigenvalue weighted by atomic mass is 10.2. The number of thioether (sulfide) groups is 1. The molecule has 0 atom stereocenters. The van der Waals surface area contributed by atoms with Crippen LogP contribution in [0.5, 0.6) is 0 Å². The van der Waals surface area contributed by atoms with E-state index in [1.54, 1.807) is 11.8 Å². The topological polar surface area (TPSA) is 49.4 Å². The van der Waals surface area contributed by atoms with Gasteiger partial charge in [-0.05, 0) is 24.1 Å². The highest BCUT2D eigenvalue weighted by Gasteiger charge is 2.21. The van der Waals surface area contributed by atoms with Gasteiger partial charge in [-0.1, -0.05) is 32.9 Å². The SMILES string of the molecule is CC(C)(C)SCC(=O)NCc1ccc(N2CCCC2=O)cc1. The van der Waals surface area contributed by atoms with E-state index in [4.69, 9.17) is 0 Å². The van der Waals surface area contributed by atoms with Crippen molar-refractivity contribution in [2.75, 3.05) is 17.2 Å². The van der Waals surface area contributed by atoms with Crippen LogP contribution >= 0.6 is 11.8 Å². The van der Waals surface area contributed by atoms with Gasteiger partial charge in [0.05, 0.1) is 5.75 Å². The van der Waals surface area contributed by atoms with Crippen molar-refractivity contribution in [2.24, 2.45) is 0 Å². The summed E-state index contributed by atoms with van der Waals surface area (Å²) in [7, 11) is 0. The van der Waals surface area contributed by atoms with Gasteiger partial charge >= 0.3 is 0 Å². The first kappa shape index (κ1) is 16.9. The average molecular weight is 320 g/mol. The molecule has 0 bridgehead atoms. The first-order chi connectivity index (χ1) is 10.3. The molecule has 1 aromatic carbocycles. The van der Waals surface area contributed by atoms with Crippen molar-refractivity contribution in [1.82, 2.24) is 5.32 Å². The molecule has 0 unspecified atom stereocenters. The lowest BCUT2D eigenvalue weighted by Gasteiger charge is -2.17. The third kappa shape index (κ3) is 5.05. The molecule has 1 fully saturated rings. The molecule has 1 heterocycles. The van der Waals surface area contributed by atoms with E-state index >= 15 is 0 Å². The van der Waals surface area contributed by atoms with E-state index in [2.05, 4.69) is 26.1 Å². The van der Waals surface area contributed by atoms with E-state index in [-0.39, 0.29) is 16.6 Å². The number of carbonyl (C=O) groups is 2. The molecule has 1 aromatic rings. The fourth-order valence-electron chi connectivity index (χ4n) is 2.25. The smallest absolute Gasteiger partial charge is 0.230 e. The largest absolute Gasteiger partial charge is 0.351 e. The van der Waals surface area contributed by atoms with Crippen molar-refractivity contribution >= 4 is 29.3 Å². The summed E-state index contributed by atoms with van der Waals surface area (Å²) < 4.78 is 0.0985. The van der Waals surface area contributed by atoms with E-state index in [0.717, 1.165) is 24.2 Å². The Morgan fingerprint density at radius 3 is 2.50 bits per heavy atom. The number of rotatable bonds is 5. The number of benzene rings is 1. The minimum Gasteiger partial charge on any atom is -0.351 e. The standard InChI is InChI=1S/C17H24N2O2S/c1-17(2,3)22-12-15(20)18-11-13-6-8-14(9-7-13)19-10-4-5-16(19)21/h6-9H,4-5,10-12H2,1-3H3,(H,18,20). The zero-order valence-electron chi connectivity index (χ0n) is 13.5. The zero-order valence-corrected chi connectivity index (χ0v) is 14.3. The maximum atomic E-state index is 11.8. The van der Waals surface area contributed by atoms with Crippen molar-refractivity contribution in [3.63, 3.8) is 0 Å². The first-order valence-corrected chi connectivity index (χ1v) is 8.64. The van der Waals surface area contributed by atoms with Crippen LogP contribution in [0, 0.1) is 0 Å². The van der Waals surface area contributed by atoms with Crippen LogP contribution in [0.1, 0.15) is 39.2 Å². The molecule has 0 aliphatic carbocycles. The summed E-state index contributed by atoms with van der Waals surface area (Å²) in [5, 5.41) is 2.93. The van der Waals surface area contributed by atoms with Crippen molar-refractivity contribution in [3.8, 4) is 0 Å². The molecular formula is C17H24N2O2S. The summed E-state index contributed by atoms with van der Waals surface area (Å²) in [6, 6.07) is 7.85. The molecular weight excluding hydrogens is 296 g/mol. The summed E-state index contributed by atoms with van der Waals surface area (Å²) in [5.74, 6) is 0.725. The van der Waals surface area contributed by atoms with Gasteiger partial charge in [0.15, 0.2) is 0 Å². The van der Waals surface area contributed by atoms with Crippen LogP contribution < -0.4 is 10.2 Å². The van der Waals surface area contributed by atoms with Crippen molar-refractivity contribution in [1.29, 1.82) is 0 Å². The van der Waals surface area contributed by atoms with Gasteiger partial charge in [-0.25, -0.2) is 0 Å². The first-order valence-electron chi connectivity index (χ1n) is 7.65. The van der Waals surface area contributed by atoms with Gasteiger partial charge in [-0.15, -0.1) is 11.8 Å². The number of anilines is 1. The minimum atomic E-state index is 0.0544. The molecule has 1 aliphatic rings. The molecule has 1 saturated heterocycles. The monoisotopic (exact) mass is 320 g/mol. The second-order valence-electron chi connectivity index (χ2n) is 6.49. The van der Waals surface area contributed by atoms with Gasteiger partial charge in [0.25, 0.3) is 0 Å². The highest BCUT2D eigenvalue weighted by atomic mass is 32.2. The predicted molar refractivity (Wildman–Crippen MR) is 92.1 cm³/mol. The molecule has 1 N–H and O–H groups in total. The summed E-state index contributed by atoms with van der Waals surface area (Å²) in [5.41, 5.74) is 1.99. The van der Waals surface area contributed by atoms with E-state index in [0.29, 0.717) is 18.7 Å². The molecule has 2 rings (SSSR count). The minimum absolute atomic E-state index is 0.0544. The lowest BCUT2D eigenvalue weighted by Crippen LogP contribution is -2.26. The van der Waals surface area contributed by atoms with E-state index in [1.807, 2.05) is 29.2 Å². The fourth-order valence-corrected chi connectivity index (χ4v) is 2.91. The third-order valence-electron chi connectivity index (χ3n) is 3.45. The second kappa shape index (κ2) is 7.18. The van der Waals surface area contributed by atoms with Crippen LogP contribution in [0.25, 0.3) is 0 Å². The Morgan fingerprint density at radius 2 is 1.95 bits per heavy atom. The van der Waals surface area contributed by atoms with Crippen LogP contribution in [0.4, 0.5) is 5.69 Å². The predicted octanol–water partition coefficient (Wildman–Crippen LogP) is 2.96. The van der Waals surface area contributed by atoms with Crippen LogP contribution in [0.2, 0.25) is 0 Å². The van der Waals surface area contributed by atoms with Gasteiger partial charge in [0.1, 0.15) is 0 Å². The highest BCUT2D eigenvalue weighted by Crippen LogP contribution is 2.23. The Balaban J connectivity index is 1.81. The van der Waals surface area contributed by atoms with Crippen LogP contribution in [-0.2, 0) is 16.1 Å². The van der Waals surface area contributed by atoms with Crippen molar-refractivity contribution in [2.45, 2.75) is 44.9 Å². The van der Waals surface area contributed by atoms with Gasteiger partial charge in [0.2, 0.25) is 11.8 Å². The number of amides is 2. The molecule has 0 radical (unpaired) electrons.